The van der Waals surface area contributed by atoms with Gasteiger partial charge in [0.25, 0.3) is 0 Å². The van der Waals surface area contributed by atoms with Gasteiger partial charge in [-0.05, 0) is 24.3 Å². The van der Waals surface area contributed by atoms with E-state index in [1.54, 1.807) is 35.0 Å². The van der Waals surface area contributed by atoms with Gasteiger partial charge in [-0.3, -0.25) is 14.3 Å². The topological polar surface area (TPSA) is 114 Å². The molecule has 2 N–H and O–H groups in total. The van der Waals surface area contributed by atoms with Crippen molar-refractivity contribution in [2.75, 3.05) is 5.32 Å². The lowest BCUT2D eigenvalue weighted by Gasteiger charge is -2.10. The summed E-state index contributed by atoms with van der Waals surface area (Å²) >= 11 is 0. The van der Waals surface area contributed by atoms with Gasteiger partial charge in [0.1, 0.15) is 0 Å². The van der Waals surface area contributed by atoms with E-state index in [-0.39, 0.29) is 35.7 Å². The second-order valence-corrected chi connectivity index (χ2v) is 5.25. The summed E-state index contributed by atoms with van der Waals surface area (Å²) in [6.07, 6.45) is 2.62. The highest BCUT2D eigenvalue weighted by Gasteiger charge is 2.13. The van der Waals surface area contributed by atoms with E-state index in [0.717, 1.165) is 0 Å². The summed E-state index contributed by atoms with van der Waals surface area (Å²) in [6, 6.07) is 10.0. The Morgan fingerprint density at radius 1 is 1.16 bits per heavy atom. The molecule has 0 saturated carbocycles. The van der Waals surface area contributed by atoms with Gasteiger partial charge in [-0.25, -0.2) is 9.78 Å². The van der Waals surface area contributed by atoms with E-state index in [0.29, 0.717) is 10.9 Å². The minimum atomic E-state index is -1.22. The van der Waals surface area contributed by atoms with Crippen LogP contribution in [0.15, 0.2) is 53.6 Å². The highest BCUT2D eigenvalue weighted by molar-refractivity contribution is 5.99. The smallest absolute Gasteiger partial charge is 0.356 e. The Labute approximate surface area is 141 Å². The van der Waals surface area contributed by atoms with Gasteiger partial charge in [0.05, 0.1) is 23.9 Å². The number of pyridine rings is 1. The fourth-order valence-electron chi connectivity index (χ4n) is 2.44. The standard InChI is InChI=1S/C17H14N4O4/c22-14-10-19-21(13-6-2-1-4-11(13)14)9-7-15(23)20-12-5-3-8-18-16(12)17(24)25/h1-6,8,10H,7,9H2,(H,20,23)(H,24,25). The quantitative estimate of drug-likeness (QED) is 0.729. The summed E-state index contributed by atoms with van der Waals surface area (Å²) in [6.45, 7) is 0.245. The summed E-state index contributed by atoms with van der Waals surface area (Å²) in [5.41, 5.74) is 0.369. The van der Waals surface area contributed by atoms with Gasteiger partial charge in [0, 0.05) is 18.0 Å². The van der Waals surface area contributed by atoms with Crippen LogP contribution in [0, 0.1) is 0 Å². The van der Waals surface area contributed by atoms with Crippen LogP contribution < -0.4 is 10.7 Å². The third-order valence-corrected chi connectivity index (χ3v) is 3.60. The zero-order valence-electron chi connectivity index (χ0n) is 13.0. The van der Waals surface area contributed by atoms with Crippen molar-refractivity contribution in [1.29, 1.82) is 0 Å². The van der Waals surface area contributed by atoms with E-state index >= 15 is 0 Å². The molecule has 0 fully saturated rings. The van der Waals surface area contributed by atoms with Crippen LogP contribution in [0.25, 0.3) is 10.9 Å². The third kappa shape index (κ3) is 3.52. The fourth-order valence-corrected chi connectivity index (χ4v) is 2.44. The first-order valence-electron chi connectivity index (χ1n) is 7.49. The molecule has 8 nitrogen and oxygen atoms in total. The molecule has 0 bridgehead atoms. The Hall–Kier alpha value is -3.55. The van der Waals surface area contributed by atoms with Crippen molar-refractivity contribution < 1.29 is 14.7 Å². The Morgan fingerprint density at radius 3 is 2.76 bits per heavy atom. The van der Waals surface area contributed by atoms with Crippen molar-refractivity contribution in [3.8, 4) is 0 Å². The second kappa shape index (κ2) is 6.91. The molecule has 3 rings (SSSR count). The molecule has 0 radical (unpaired) electrons. The van der Waals surface area contributed by atoms with Crippen molar-refractivity contribution >= 4 is 28.5 Å². The number of carboxylic acids is 1. The summed E-state index contributed by atoms with van der Waals surface area (Å²) in [5.74, 6) is -1.59. The van der Waals surface area contributed by atoms with Crippen LogP contribution in [0.4, 0.5) is 5.69 Å². The van der Waals surface area contributed by atoms with Gasteiger partial charge in [0.15, 0.2) is 5.69 Å². The monoisotopic (exact) mass is 338 g/mol. The van der Waals surface area contributed by atoms with E-state index in [1.807, 2.05) is 0 Å². The molecule has 0 saturated heterocycles. The molecular formula is C17H14N4O4. The Kier molecular flexibility index (Phi) is 4.51. The molecule has 1 amide bonds. The SMILES string of the molecule is O=C(CCn1ncc(=O)c2ccccc21)Nc1cccnc1C(=O)O. The summed E-state index contributed by atoms with van der Waals surface area (Å²) in [7, 11) is 0. The predicted octanol–water partition coefficient (Wildman–Crippen LogP) is 1.52. The molecule has 2 aromatic heterocycles. The van der Waals surface area contributed by atoms with Crippen molar-refractivity contribution in [2.45, 2.75) is 13.0 Å². The average molecular weight is 338 g/mol. The van der Waals surface area contributed by atoms with Crippen molar-refractivity contribution in [3.63, 3.8) is 0 Å². The van der Waals surface area contributed by atoms with E-state index in [4.69, 9.17) is 5.11 Å². The molecular weight excluding hydrogens is 324 g/mol. The van der Waals surface area contributed by atoms with Gasteiger partial charge in [0.2, 0.25) is 11.3 Å². The largest absolute Gasteiger partial charge is 0.476 e. The molecule has 2 heterocycles. The van der Waals surface area contributed by atoms with E-state index in [2.05, 4.69) is 15.4 Å². The second-order valence-electron chi connectivity index (χ2n) is 5.25. The van der Waals surface area contributed by atoms with Gasteiger partial charge in [-0.2, -0.15) is 5.10 Å². The molecule has 8 heteroatoms. The molecule has 3 aromatic rings. The Morgan fingerprint density at radius 2 is 1.96 bits per heavy atom. The number of nitrogens with zero attached hydrogens (tertiary/aromatic N) is 3. The van der Waals surface area contributed by atoms with Crippen LogP contribution in [-0.4, -0.2) is 31.7 Å². The number of hydrogen-bond acceptors (Lipinski definition) is 5. The van der Waals surface area contributed by atoms with Crippen LogP contribution in [0.5, 0.6) is 0 Å². The number of amides is 1. The van der Waals surface area contributed by atoms with Crippen LogP contribution in [0.3, 0.4) is 0 Å². The number of fused-ring (bicyclic) bond motifs is 1. The Bertz CT molecular complexity index is 1010. The summed E-state index contributed by atoms with van der Waals surface area (Å²) < 4.78 is 1.57. The number of carbonyl (C=O) groups excluding carboxylic acids is 1. The summed E-state index contributed by atoms with van der Waals surface area (Å²) in [5, 5.41) is 16.2. The number of aryl methyl sites for hydroxylation is 1. The number of hydrogen-bond donors (Lipinski definition) is 2. The lowest BCUT2D eigenvalue weighted by atomic mass is 10.2. The average Bonchev–Trinajstić information content (AvgIpc) is 2.62. The number of aromatic carboxylic acids is 1. The number of benzene rings is 1. The van der Waals surface area contributed by atoms with E-state index in [9.17, 15) is 14.4 Å². The number of carbonyl (C=O) groups is 2. The minimum Gasteiger partial charge on any atom is -0.476 e. The predicted molar refractivity (Wildman–Crippen MR) is 90.4 cm³/mol. The molecule has 0 spiro atoms. The molecule has 126 valence electrons. The first-order chi connectivity index (χ1) is 12.1. The first kappa shape index (κ1) is 16.3. The maximum atomic E-state index is 12.1. The minimum absolute atomic E-state index is 0.0633. The molecule has 0 unspecified atom stereocenters. The fraction of sp³-hybridized carbons (Fsp3) is 0.118. The number of para-hydroxylation sites is 1. The lowest BCUT2D eigenvalue weighted by Crippen LogP contribution is -2.19. The molecule has 0 aliphatic carbocycles. The molecule has 0 aliphatic heterocycles. The number of rotatable bonds is 5. The summed E-state index contributed by atoms with van der Waals surface area (Å²) in [4.78, 5) is 38.8. The van der Waals surface area contributed by atoms with Gasteiger partial charge in [-0.1, -0.05) is 12.1 Å². The first-order valence-corrected chi connectivity index (χ1v) is 7.49. The zero-order valence-corrected chi connectivity index (χ0v) is 13.0. The van der Waals surface area contributed by atoms with Crippen LogP contribution in [0.2, 0.25) is 0 Å². The van der Waals surface area contributed by atoms with Crippen molar-refractivity contribution in [2.24, 2.45) is 0 Å². The van der Waals surface area contributed by atoms with Gasteiger partial charge < -0.3 is 10.4 Å². The molecule has 0 aliphatic rings. The highest BCUT2D eigenvalue weighted by Crippen LogP contribution is 2.13. The Balaban J connectivity index is 1.75. The number of nitrogens with one attached hydrogen (secondary N) is 1. The number of carboxylic acid groups (broad SMARTS) is 1. The van der Waals surface area contributed by atoms with Crippen LogP contribution in [-0.2, 0) is 11.3 Å². The normalized spacial score (nSPS) is 10.6. The number of aromatic nitrogens is 3. The van der Waals surface area contributed by atoms with Crippen LogP contribution >= 0.6 is 0 Å². The maximum Gasteiger partial charge on any atom is 0.356 e. The van der Waals surface area contributed by atoms with E-state index < -0.39 is 5.97 Å². The maximum absolute atomic E-state index is 12.1. The number of anilines is 1. The van der Waals surface area contributed by atoms with Gasteiger partial charge in [-0.15, -0.1) is 0 Å². The van der Waals surface area contributed by atoms with Crippen LogP contribution in [0.1, 0.15) is 16.9 Å². The van der Waals surface area contributed by atoms with Crippen molar-refractivity contribution in [3.05, 3.63) is 64.7 Å². The van der Waals surface area contributed by atoms with Gasteiger partial charge >= 0.3 is 5.97 Å². The molecule has 0 atom stereocenters. The highest BCUT2D eigenvalue weighted by atomic mass is 16.4. The molecule has 1 aromatic carbocycles. The van der Waals surface area contributed by atoms with E-state index in [1.165, 1.54) is 18.5 Å². The third-order valence-electron chi connectivity index (χ3n) is 3.60. The molecule has 25 heavy (non-hydrogen) atoms. The lowest BCUT2D eigenvalue weighted by molar-refractivity contribution is -0.116. The zero-order chi connectivity index (χ0) is 17.8. The van der Waals surface area contributed by atoms with Crippen molar-refractivity contribution in [1.82, 2.24) is 14.8 Å².